The molecule has 0 unspecified atom stereocenters. The summed E-state index contributed by atoms with van der Waals surface area (Å²) in [5.74, 6) is 0.0834. The van der Waals surface area contributed by atoms with E-state index in [4.69, 9.17) is 9.47 Å². The molecule has 26 heavy (non-hydrogen) atoms. The number of sulfonamides is 1. The fourth-order valence-electron chi connectivity index (χ4n) is 2.26. The van der Waals surface area contributed by atoms with Gasteiger partial charge in [0.15, 0.2) is 5.69 Å². The molecule has 0 spiro atoms. The highest BCUT2D eigenvalue weighted by atomic mass is 32.2. The van der Waals surface area contributed by atoms with E-state index in [1.807, 2.05) is 6.92 Å². The summed E-state index contributed by atoms with van der Waals surface area (Å²) < 4.78 is 37.2. The van der Waals surface area contributed by atoms with Crippen LogP contribution in [0.1, 0.15) is 35.8 Å². The van der Waals surface area contributed by atoms with Crippen molar-refractivity contribution in [2.24, 2.45) is 0 Å². The van der Waals surface area contributed by atoms with Crippen LogP contribution in [0, 0.1) is 0 Å². The molecule has 1 aromatic heterocycles. The average molecular weight is 399 g/mol. The maximum Gasteiger partial charge on any atom is 0.357 e. The minimum absolute atomic E-state index is 0.103. The number of methoxy groups -OCH3 is 1. The SMILES string of the molecule is CCCN(Cc1nc(C(=O)OCC)cs1)S(=O)(=O)c1ccc(OC)cc1. The molecule has 9 heteroatoms. The Bertz CT molecular complexity index is 831. The Labute approximate surface area is 157 Å². The Kier molecular flexibility index (Phi) is 7.13. The molecule has 0 N–H and O–H groups in total. The van der Waals surface area contributed by atoms with Gasteiger partial charge in [0.1, 0.15) is 10.8 Å². The second-order valence-corrected chi connectivity index (χ2v) is 8.24. The fourth-order valence-corrected chi connectivity index (χ4v) is 4.62. The van der Waals surface area contributed by atoms with Crippen molar-refractivity contribution in [2.45, 2.75) is 31.7 Å². The van der Waals surface area contributed by atoms with Gasteiger partial charge in [0, 0.05) is 11.9 Å². The van der Waals surface area contributed by atoms with Crippen LogP contribution in [-0.2, 0) is 21.3 Å². The van der Waals surface area contributed by atoms with Crippen molar-refractivity contribution < 1.29 is 22.7 Å². The summed E-state index contributed by atoms with van der Waals surface area (Å²) in [6, 6.07) is 6.25. The molecule has 0 bridgehead atoms. The summed E-state index contributed by atoms with van der Waals surface area (Å²) in [5, 5.41) is 2.12. The molecule has 0 aliphatic rings. The lowest BCUT2D eigenvalue weighted by molar-refractivity contribution is 0.0520. The van der Waals surface area contributed by atoms with Gasteiger partial charge < -0.3 is 9.47 Å². The van der Waals surface area contributed by atoms with Gasteiger partial charge in [-0.2, -0.15) is 4.31 Å². The van der Waals surface area contributed by atoms with Crippen molar-refractivity contribution in [3.63, 3.8) is 0 Å². The van der Waals surface area contributed by atoms with Crippen molar-refractivity contribution in [3.05, 3.63) is 40.3 Å². The van der Waals surface area contributed by atoms with Crippen molar-refractivity contribution in [2.75, 3.05) is 20.3 Å². The first kappa shape index (κ1) is 20.3. The molecule has 0 fully saturated rings. The molecular weight excluding hydrogens is 376 g/mol. The van der Waals surface area contributed by atoms with Crippen LogP contribution in [0.15, 0.2) is 34.5 Å². The van der Waals surface area contributed by atoms with E-state index in [-0.39, 0.29) is 23.7 Å². The molecule has 0 amide bonds. The standard InChI is InChI=1S/C17H22N2O5S2/c1-4-10-19(11-16-18-15(12-25-16)17(20)24-5-2)26(21,22)14-8-6-13(23-3)7-9-14/h6-9,12H,4-5,10-11H2,1-3H3. The second-order valence-electron chi connectivity index (χ2n) is 5.36. The Morgan fingerprint density at radius 2 is 1.92 bits per heavy atom. The number of hydrogen-bond donors (Lipinski definition) is 0. The van der Waals surface area contributed by atoms with Crippen molar-refractivity contribution >= 4 is 27.3 Å². The number of thiazole rings is 1. The van der Waals surface area contributed by atoms with Crippen LogP contribution in [0.25, 0.3) is 0 Å². The van der Waals surface area contributed by atoms with Crippen LogP contribution in [0.5, 0.6) is 5.75 Å². The first-order valence-electron chi connectivity index (χ1n) is 8.18. The van der Waals surface area contributed by atoms with E-state index in [1.165, 1.54) is 34.9 Å². The third-order valence-electron chi connectivity index (χ3n) is 3.52. The van der Waals surface area contributed by atoms with Gasteiger partial charge in [-0.25, -0.2) is 18.2 Å². The van der Waals surface area contributed by atoms with E-state index in [1.54, 1.807) is 24.4 Å². The topological polar surface area (TPSA) is 85.8 Å². The second kappa shape index (κ2) is 9.11. The van der Waals surface area contributed by atoms with Gasteiger partial charge in [-0.05, 0) is 37.6 Å². The van der Waals surface area contributed by atoms with Gasteiger partial charge in [-0.15, -0.1) is 11.3 Å². The van der Waals surface area contributed by atoms with Gasteiger partial charge in [-0.3, -0.25) is 0 Å². The maximum absolute atomic E-state index is 12.9. The monoisotopic (exact) mass is 398 g/mol. The smallest absolute Gasteiger partial charge is 0.357 e. The lowest BCUT2D eigenvalue weighted by Gasteiger charge is -2.20. The highest BCUT2D eigenvalue weighted by Gasteiger charge is 2.25. The van der Waals surface area contributed by atoms with Crippen molar-refractivity contribution in [1.82, 2.24) is 9.29 Å². The van der Waals surface area contributed by atoms with E-state index in [2.05, 4.69) is 4.98 Å². The minimum atomic E-state index is -3.68. The number of rotatable bonds is 9. The molecular formula is C17H22N2O5S2. The molecule has 142 valence electrons. The number of aromatic nitrogens is 1. The highest BCUT2D eigenvalue weighted by molar-refractivity contribution is 7.89. The number of carbonyl (C=O) groups is 1. The number of esters is 1. The van der Waals surface area contributed by atoms with Crippen molar-refractivity contribution in [1.29, 1.82) is 0 Å². The largest absolute Gasteiger partial charge is 0.497 e. The summed E-state index contributed by atoms with van der Waals surface area (Å²) in [6.07, 6.45) is 0.658. The number of benzene rings is 1. The number of hydrogen-bond acceptors (Lipinski definition) is 7. The van der Waals surface area contributed by atoms with Crippen LogP contribution in [0.2, 0.25) is 0 Å². The van der Waals surface area contributed by atoms with Crippen LogP contribution >= 0.6 is 11.3 Å². The van der Waals surface area contributed by atoms with Gasteiger partial charge >= 0.3 is 5.97 Å². The highest BCUT2D eigenvalue weighted by Crippen LogP contribution is 2.22. The Morgan fingerprint density at radius 1 is 1.23 bits per heavy atom. The predicted molar refractivity (Wildman–Crippen MR) is 99.0 cm³/mol. The average Bonchev–Trinajstić information content (AvgIpc) is 3.10. The Balaban J connectivity index is 2.23. The summed E-state index contributed by atoms with van der Waals surface area (Å²) in [5.41, 5.74) is 0.199. The third-order valence-corrected chi connectivity index (χ3v) is 6.21. The maximum atomic E-state index is 12.9. The van der Waals surface area contributed by atoms with E-state index >= 15 is 0 Å². The number of ether oxygens (including phenoxy) is 2. The van der Waals surface area contributed by atoms with Crippen LogP contribution in [0.4, 0.5) is 0 Å². The van der Waals surface area contributed by atoms with Crippen LogP contribution < -0.4 is 4.74 Å². The summed E-state index contributed by atoms with van der Waals surface area (Å²) >= 11 is 1.24. The quantitative estimate of drug-likeness (QED) is 0.604. The van der Waals surface area contributed by atoms with E-state index < -0.39 is 16.0 Å². The molecule has 2 aromatic rings. The first-order valence-corrected chi connectivity index (χ1v) is 10.5. The van der Waals surface area contributed by atoms with Gasteiger partial charge in [0.05, 0.1) is 25.2 Å². The molecule has 0 aliphatic carbocycles. The summed E-state index contributed by atoms with van der Waals surface area (Å²) in [6.45, 7) is 4.34. The molecule has 1 aromatic carbocycles. The number of carbonyl (C=O) groups excluding carboxylic acids is 1. The lowest BCUT2D eigenvalue weighted by Crippen LogP contribution is -2.31. The molecule has 1 heterocycles. The zero-order valence-electron chi connectivity index (χ0n) is 15.0. The summed E-state index contributed by atoms with van der Waals surface area (Å²) in [7, 11) is -2.16. The minimum Gasteiger partial charge on any atom is -0.497 e. The van der Waals surface area contributed by atoms with Crippen LogP contribution in [-0.4, -0.2) is 43.9 Å². The zero-order valence-corrected chi connectivity index (χ0v) is 16.6. The molecule has 0 saturated heterocycles. The molecule has 7 nitrogen and oxygen atoms in total. The molecule has 2 rings (SSSR count). The molecule has 0 saturated carbocycles. The molecule has 0 aliphatic heterocycles. The van der Waals surface area contributed by atoms with Crippen molar-refractivity contribution in [3.8, 4) is 5.75 Å². The summed E-state index contributed by atoms with van der Waals surface area (Å²) in [4.78, 5) is 16.1. The van der Waals surface area contributed by atoms with Gasteiger partial charge in [0.2, 0.25) is 10.0 Å². The zero-order chi connectivity index (χ0) is 19.2. The van der Waals surface area contributed by atoms with Crippen LogP contribution in [0.3, 0.4) is 0 Å². The van der Waals surface area contributed by atoms with E-state index in [0.717, 1.165) is 0 Å². The van der Waals surface area contributed by atoms with E-state index in [0.29, 0.717) is 23.7 Å². The third kappa shape index (κ3) is 4.80. The Morgan fingerprint density at radius 3 is 2.50 bits per heavy atom. The molecule has 0 radical (unpaired) electrons. The van der Waals surface area contributed by atoms with E-state index in [9.17, 15) is 13.2 Å². The Hall–Kier alpha value is -1.97. The normalized spacial score (nSPS) is 11.5. The predicted octanol–water partition coefficient (Wildman–Crippen LogP) is 2.93. The lowest BCUT2D eigenvalue weighted by atomic mass is 10.3. The van der Waals surface area contributed by atoms with Gasteiger partial charge in [-0.1, -0.05) is 6.92 Å². The number of nitrogens with zero attached hydrogens (tertiary/aromatic N) is 2. The first-order chi connectivity index (χ1) is 12.4. The van der Waals surface area contributed by atoms with Gasteiger partial charge in [0.25, 0.3) is 0 Å². The molecule has 0 atom stereocenters. The fraction of sp³-hybridized carbons (Fsp3) is 0.412.